The monoisotopic (exact) mass is 349 g/mol. The van der Waals surface area contributed by atoms with E-state index < -0.39 is 0 Å². The van der Waals surface area contributed by atoms with E-state index >= 15 is 0 Å². The van der Waals surface area contributed by atoms with Gasteiger partial charge >= 0.3 is 6.03 Å². The Hall–Kier alpha value is -3.02. The van der Waals surface area contributed by atoms with Crippen LogP contribution in [0.4, 0.5) is 10.7 Å². The predicted octanol–water partition coefficient (Wildman–Crippen LogP) is 2.90. The first-order valence-corrected chi connectivity index (χ1v) is 8.97. The topological polar surface area (TPSA) is 64.3 Å². The molecule has 1 fully saturated rings. The van der Waals surface area contributed by atoms with Gasteiger partial charge in [-0.25, -0.2) is 9.78 Å². The smallest absolute Gasteiger partial charge is 0.317 e. The summed E-state index contributed by atoms with van der Waals surface area (Å²) in [6.07, 6.45) is 0. The van der Waals surface area contributed by atoms with Crippen molar-refractivity contribution in [2.75, 3.05) is 31.1 Å². The summed E-state index contributed by atoms with van der Waals surface area (Å²) in [6.45, 7) is 5.57. The van der Waals surface area contributed by atoms with Crippen LogP contribution in [0, 0.1) is 6.92 Å². The summed E-state index contributed by atoms with van der Waals surface area (Å²) in [4.78, 5) is 24.5. The molecule has 6 heteroatoms. The molecule has 2 heterocycles. The fourth-order valence-corrected chi connectivity index (χ4v) is 3.27. The maximum Gasteiger partial charge on any atom is 0.317 e. The number of rotatable bonds is 3. The Bertz CT molecular complexity index is 897. The molecule has 4 rings (SSSR count). The second-order valence-corrected chi connectivity index (χ2v) is 6.70. The Morgan fingerprint density at radius 1 is 1.12 bits per heavy atom. The minimum Gasteiger partial charge on any atom is -0.339 e. The molecular weight excluding hydrogens is 326 g/mol. The lowest BCUT2D eigenvalue weighted by molar-refractivity contribution is 0.193. The first-order chi connectivity index (χ1) is 12.7. The quantitative estimate of drug-likeness (QED) is 0.764. The minimum absolute atomic E-state index is 0.00580. The Balaban J connectivity index is 1.33. The maximum atomic E-state index is 12.4. The van der Waals surface area contributed by atoms with E-state index in [2.05, 4.69) is 39.2 Å². The van der Waals surface area contributed by atoms with Gasteiger partial charge in [-0.1, -0.05) is 36.4 Å². The first kappa shape index (κ1) is 16.4. The number of hydrogen-bond donors (Lipinski definition) is 2. The van der Waals surface area contributed by atoms with Gasteiger partial charge in [0, 0.05) is 32.7 Å². The highest BCUT2D eigenvalue weighted by Crippen LogP contribution is 2.19. The molecule has 1 aliphatic rings. The molecule has 2 amide bonds. The van der Waals surface area contributed by atoms with Crippen LogP contribution in [0.3, 0.4) is 0 Å². The van der Waals surface area contributed by atoms with E-state index in [1.165, 1.54) is 5.56 Å². The van der Waals surface area contributed by atoms with Crippen molar-refractivity contribution in [3.8, 4) is 0 Å². The highest BCUT2D eigenvalue weighted by atomic mass is 16.2. The summed E-state index contributed by atoms with van der Waals surface area (Å²) in [5.74, 6) is 0.884. The van der Waals surface area contributed by atoms with Crippen LogP contribution in [0.25, 0.3) is 11.0 Å². The molecule has 2 aromatic carbocycles. The number of hydrogen-bond acceptors (Lipinski definition) is 3. The highest BCUT2D eigenvalue weighted by Gasteiger charge is 2.22. The number of imidazole rings is 1. The van der Waals surface area contributed by atoms with Crippen molar-refractivity contribution in [2.45, 2.75) is 13.5 Å². The molecule has 1 saturated heterocycles. The van der Waals surface area contributed by atoms with Gasteiger partial charge in [0.2, 0.25) is 5.95 Å². The molecule has 0 unspecified atom stereocenters. The summed E-state index contributed by atoms with van der Waals surface area (Å²) in [5, 5.41) is 3.00. The molecule has 3 aromatic rings. The van der Waals surface area contributed by atoms with Crippen molar-refractivity contribution in [1.29, 1.82) is 0 Å². The number of nitrogens with zero attached hydrogens (tertiary/aromatic N) is 3. The highest BCUT2D eigenvalue weighted by molar-refractivity contribution is 5.78. The molecule has 6 nitrogen and oxygen atoms in total. The van der Waals surface area contributed by atoms with Gasteiger partial charge in [0.25, 0.3) is 0 Å². The third-order valence-electron chi connectivity index (χ3n) is 4.78. The summed E-state index contributed by atoms with van der Waals surface area (Å²) >= 11 is 0. The van der Waals surface area contributed by atoms with Crippen molar-refractivity contribution in [3.63, 3.8) is 0 Å². The lowest BCUT2D eigenvalue weighted by atomic mass is 10.2. The normalized spacial score (nSPS) is 14.7. The summed E-state index contributed by atoms with van der Waals surface area (Å²) in [6, 6.07) is 16.2. The molecule has 134 valence electrons. The zero-order valence-electron chi connectivity index (χ0n) is 14.9. The van der Waals surface area contributed by atoms with E-state index in [-0.39, 0.29) is 6.03 Å². The van der Waals surface area contributed by atoms with Crippen molar-refractivity contribution in [2.24, 2.45) is 0 Å². The van der Waals surface area contributed by atoms with Crippen molar-refractivity contribution < 1.29 is 4.79 Å². The fraction of sp³-hybridized carbons (Fsp3) is 0.300. The summed E-state index contributed by atoms with van der Waals surface area (Å²) < 4.78 is 0. The van der Waals surface area contributed by atoms with Gasteiger partial charge in [-0.3, -0.25) is 0 Å². The van der Waals surface area contributed by atoms with Gasteiger partial charge in [0.05, 0.1) is 11.0 Å². The van der Waals surface area contributed by atoms with Gasteiger partial charge in [-0.15, -0.1) is 0 Å². The average Bonchev–Trinajstić information content (AvgIpc) is 3.10. The molecule has 26 heavy (non-hydrogen) atoms. The third kappa shape index (κ3) is 3.49. The molecule has 0 saturated carbocycles. The van der Waals surface area contributed by atoms with Gasteiger partial charge in [0.15, 0.2) is 0 Å². The van der Waals surface area contributed by atoms with Crippen LogP contribution in [-0.4, -0.2) is 47.1 Å². The van der Waals surface area contributed by atoms with Crippen LogP contribution in [0.2, 0.25) is 0 Å². The number of piperazine rings is 1. The second-order valence-electron chi connectivity index (χ2n) is 6.70. The van der Waals surface area contributed by atoms with Gasteiger partial charge in [-0.2, -0.15) is 0 Å². The second kappa shape index (κ2) is 7.07. The third-order valence-corrected chi connectivity index (χ3v) is 4.78. The molecule has 1 aromatic heterocycles. The number of urea groups is 1. The first-order valence-electron chi connectivity index (χ1n) is 8.97. The molecular formula is C20H23N5O. The van der Waals surface area contributed by atoms with E-state index in [4.69, 9.17) is 0 Å². The van der Waals surface area contributed by atoms with Gasteiger partial charge in [0.1, 0.15) is 0 Å². The number of aryl methyl sites for hydroxylation is 1. The number of carbonyl (C=O) groups excluding carboxylic acids is 1. The van der Waals surface area contributed by atoms with Crippen LogP contribution in [0.1, 0.15) is 11.1 Å². The number of carbonyl (C=O) groups is 1. The van der Waals surface area contributed by atoms with Crippen molar-refractivity contribution in [3.05, 3.63) is 59.7 Å². The number of H-pyrrole nitrogens is 1. The number of aromatic amines is 1. The van der Waals surface area contributed by atoms with E-state index in [0.29, 0.717) is 19.6 Å². The Labute approximate surface area is 152 Å². The zero-order chi connectivity index (χ0) is 17.9. The fourth-order valence-electron chi connectivity index (χ4n) is 3.27. The van der Waals surface area contributed by atoms with Crippen LogP contribution in [0.5, 0.6) is 0 Å². The number of aromatic nitrogens is 2. The standard InChI is InChI=1S/C20H23N5O/c1-15-7-8-17-18(13-15)23-19(22-17)24-9-11-25(12-10-24)20(26)21-14-16-5-3-2-4-6-16/h2-8,13H,9-12,14H2,1H3,(H,21,26)(H,22,23). The number of nitrogens with one attached hydrogen (secondary N) is 2. The lowest BCUT2D eigenvalue weighted by Crippen LogP contribution is -2.52. The number of anilines is 1. The van der Waals surface area contributed by atoms with Crippen molar-refractivity contribution in [1.82, 2.24) is 20.2 Å². The van der Waals surface area contributed by atoms with Crippen LogP contribution >= 0.6 is 0 Å². The van der Waals surface area contributed by atoms with E-state index in [1.807, 2.05) is 41.3 Å². The molecule has 2 N–H and O–H groups in total. The van der Waals surface area contributed by atoms with Crippen LogP contribution < -0.4 is 10.2 Å². The Kier molecular flexibility index (Phi) is 4.48. The van der Waals surface area contributed by atoms with E-state index in [0.717, 1.165) is 35.6 Å². The van der Waals surface area contributed by atoms with Crippen LogP contribution in [0.15, 0.2) is 48.5 Å². The zero-order valence-corrected chi connectivity index (χ0v) is 14.9. The van der Waals surface area contributed by atoms with E-state index in [9.17, 15) is 4.79 Å². The van der Waals surface area contributed by atoms with Crippen LogP contribution in [-0.2, 0) is 6.54 Å². The number of benzene rings is 2. The molecule has 0 atom stereocenters. The molecule has 0 aliphatic carbocycles. The SMILES string of the molecule is Cc1ccc2nc(N3CCN(C(=O)NCc4ccccc4)CC3)[nH]c2c1. The summed E-state index contributed by atoms with van der Waals surface area (Å²) in [7, 11) is 0. The largest absolute Gasteiger partial charge is 0.339 e. The van der Waals surface area contributed by atoms with Crippen molar-refractivity contribution >= 4 is 23.0 Å². The maximum absolute atomic E-state index is 12.4. The number of amides is 2. The lowest BCUT2D eigenvalue weighted by Gasteiger charge is -2.34. The molecule has 1 aliphatic heterocycles. The summed E-state index contributed by atoms with van der Waals surface area (Å²) in [5.41, 5.74) is 4.36. The molecule has 0 radical (unpaired) electrons. The Morgan fingerprint density at radius 2 is 1.88 bits per heavy atom. The van der Waals surface area contributed by atoms with Gasteiger partial charge < -0.3 is 20.1 Å². The van der Waals surface area contributed by atoms with E-state index in [1.54, 1.807) is 0 Å². The molecule has 0 spiro atoms. The number of fused-ring (bicyclic) bond motifs is 1. The molecule has 0 bridgehead atoms. The minimum atomic E-state index is -0.00580. The average molecular weight is 349 g/mol. The van der Waals surface area contributed by atoms with Gasteiger partial charge in [-0.05, 0) is 30.2 Å². The predicted molar refractivity (Wildman–Crippen MR) is 103 cm³/mol. The Morgan fingerprint density at radius 3 is 2.65 bits per heavy atom.